The number of carbonyl (C=O) groups excluding carboxylic acids is 5. The quantitative estimate of drug-likeness (QED) is 0.149. The molecule has 1 unspecified atom stereocenters. The number of primary amides is 1. The lowest BCUT2D eigenvalue weighted by molar-refractivity contribution is -0.128. The Morgan fingerprint density at radius 3 is 2.25 bits per heavy atom. The van der Waals surface area contributed by atoms with Gasteiger partial charge in [0.05, 0.1) is 35.6 Å². The first-order valence-corrected chi connectivity index (χ1v) is 18.4. The summed E-state index contributed by atoms with van der Waals surface area (Å²) in [4.78, 5) is 74.7. The van der Waals surface area contributed by atoms with E-state index in [1.807, 2.05) is 25.1 Å². The molecule has 0 radical (unpaired) electrons. The van der Waals surface area contributed by atoms with Crippen molar-refractivity contribution in [2.75, 3.05) is 18.4 Å². The van der Waals surface area contributed by atoms with Gasteiger partial charge in [-0.3, -0.25) is 24.0 Å². The number of hydrogen-bond donors (Lipinski definition) is 6. The number of benzene rings is 3. The third kappa shape index (κ3) is 10.2. The molecule has 55 heavy (non-hydrogen) atoms. The zero-order valence-corrected chi connectivity index (χ0v) is 32.3. The number of hydrogen-bond acceptors (Lipinski definition) is 8. The molecular weight excluding hydrogens is 697 g/mol. The van der Waals surface area contributed by atoms with Gasteiger partial charge in [-0.2, -0.15) is 0 Å². The molecule has 1 aromatic heterocycles. The Kier molecular flexibility index (Phi) is 12.5. The fraction of sp³-hybridized carbons (Fsp3) is 0.357. The van der Waals surface area contributed by atoms with Gasteiger partial charge in [0.1, 0.15) is 17.9 Å². The number of fused-ring (bicyclic) bond motifs is 5. The SMILES string of the molecule is Cc1cc2cc(c1NC(=O)[C@H](CCN)NC(=O)c1c(C)nc(Cc3ccc(C(C)(C)C)cc3)nc1C)-c1cccc(c1)CC(=O)NCC(=O)NC(C(N)=O)C2. The summed E-state index contributed by atoms with van der Waals surface area (Å²) >= 11 is 0. The first-order chi connectivity index (χ1) is 26.0. The lowest BCUT2D eigenvalue weighted by atomic mass is 9.86. The van der Waals surface area contributed by atoms with E-state index < -0.39 is 35.7 Å². The van der Waals surface area contributed by atoms with Crippen molar-refractivity contribution < 1.29 is 24.0 Å². The Morgan fingerprint density at radius 2 is 1.62 bits per heavy atom. The monoisotopic (exact) mass is 746 g/mol. The van der Waals surface area contributed by atoms with Gasteiger partial charge < -0.3 is 32.7 Å². The van der Waals surface area contributed by atoms with Crippen molar-refractivity contribution in [3.63, 3.8) is 0 Å². The summed E-state index contributed by atoms with van der Waals surface area (Å²) in [6.45, 7) is 11.6. The van der Waals surface area contributed by atoms with E-state index >= 15 is 0 Å². The molecule has 8 N–H and O–H groups in total. The van der Waals surface area contributed by atoms with E-state index in [9.17, 15) is 24.0 Å². The van der Waals surface area contributed by atoms with Crippen LogP contribution in [0.5, 0.6) is 0 Å². The summed E-state index contributed by atoms with van der Waals surface area (Å²) in [7, 11) is 0. The Labute approximate surface area is 321 Å². The van der Waals surface area contributed by atoms with Gasteiger partial charge in [-0.15, -0.1) is 0 Å². The minimum atomic E-state index is -1.04. The first kappa shape index (κ1) is 40.2. The molecule has 0 aliphatic carbocycles. The molecule has 13 heteroatoms. The van der Waals surface area contributed by atoms with Crippen molar-refractivity contribution >= 4 is 35.2 Å². The molecule has 0 saturated heterocycles. The highest BCUT2D eigenvalue weighted by Gasteiger charge is 2.27. The minimum absolute atomic E-state index is 0.000586. The second-order valence-electron chi connectivity index (χ2n) is 15.1. The number of nitrogens with two attached hydrogens (primary N) is 2. The largest absolute Gasteiger partial charge is 0.368 e. The lowest BCUT2D eigenvalue weighted by Gasteiger charge is -2.23. The van der Waals surface area contributed by atoms with Gasteiger partial charge >= 0.3 is 0 Å². The van der Waals surface area contributed by atoms with E-state index in [4.69, 9.17) is 11.5 Å². The van der Waals surface area contributed by atoms with E-state index in [1.165, 1.54) is 5.56 Å². The van der Waals surface area contributed by atoms with E-state index in [0.717, 1.165) is 5.56 Å². The van der Waals surface area contributed by atoms with Crippen LogP contribution in [-0.2, 0) is 43.9 Å². The number of amides is 5. The summed E-state index contributed by atoms with van der Waals surface area (Å²) in [6, 6.07) is 17.2. The van der Waals surface area contributed by atoms with Crippen molar-refractivity contribution in [2.24, 2.45) is 11.5 Å². The highest BCUT2D eigenvalue weighted by molar-refractivity contribution is 6.04. The highest BCUT2D eigenvalue weighted by Crippen LogP contribution is 2.34. The van der Waals surface area contributed by atoms with Crippen LogP contribution in [0, 0.1) is 20.8 Å². The lowest BCUT2D eigenvalue weighted by Crippen LogP contribution is -2.49. The van der Waals surface area contributed by atoms with Crippen LogP contribution in [0.1, 0.15) is 82.6 Å². The third-order valence-electron chi connectivity index (χ3n) is 9.61. The molecule has 4 bridgehead atoms. The van der Waals surface area contributed by atoms with Crippen LogP contribution in [0.3, 0.4) is 0 Å². The molecule has 2 heterocycles. The van der Waals surface area contributed by atoms with E-state index in [-0.39, 0.29) is 49.2 Å². The number of anilines is 1. The van der Waals surface area contributed by atoms with Gasteiger partial charge in [-0.25, -0.2) is 9.97 Å². The fourth-order valence-corrected chi connectivity index (χ4v) is 6.73. The number of nitrogens with one attached hydrogen (secondary N) is 4. The summed E-state index contributed by atoms with van der Waals surface area (Å²) in [6.07, 6.45) is 0.724. The zero-order valence-electron chi connectivity index (χ0n) is 32.3. The smallest absolute Gasteiger partial charge is 0.255 e. The maximum Gasteiger partial charge on any atom is 0.255 e. The highest BCUT2D eigenvalue weighted by atomic mass is 16.2. The molecule has 0 fully saturated rings. The van der Waals surface area contributed by atoms with Crippen LogP contribution in [0.4, 0.5) is 5.69 Å². The zero-order chi connectivity index (χ0) is 40.0. The fourth-order valence-electron chi connectivity index (χ4n) is 6.73. The van der Waals surface area contributed by atoms with Crippen LogP contribution in [0.15, 0.2) is 60.7 Å². The van der Waals surface area contributed by atoms with Crippen molar-refractivity contribution in [3.8, 4) is 11.1 Å². The van der Waals surface area contributed by atoms with Crippen LogP contribution in [-0.4, -0.2) is 64.7 Å². The minimum Gasteiger partial charge on any atom is -0.368 e. The van der Waals surface area contributed by atoms with Crippen LogP contribution in [0.25, 0.3) is 11.1 Å². The van der Waals surface area contributed by atoms with E-state index in [2.05, 4.69) is 76.3 Å². The molecule has 3 aromatic carbocycles. The van der Waals surface area contributed by atoms with Crippen molar-refractivity contribution in [1.82, 2.24) is 25.9 Å². The predicted molar refractivity (Wildman–Crippen MR) is 211 cm³/mol. The van der Waals surface area contributed by atoms with Gasteiger partial charge in [-0.05, 0) is 78.6 Å². The molecule has 0 spiro atoms. The number of nitrogens with zero attached hydrogens (tertiary/aromatic N) is 2. The molecule has 13 nitrogen and oxygen atoms in total. The summed E-state index contributed by atoms with van der Waals surface area (Å²) in [5, 5.41) is 11.1. The number of aryl methyl sites for hydroxylation is 3. The van der Waals surface area contributed by atoms with Crippen LogP contribution < -0.4 is 32.7 Å². The third-order valence-corrected chi connectivity index (χ3v) is 9.61. The Bertz CT molecular complexity index is 2100. The van der Waals surface area contributed by atoms with E-state index in [0.29, 0.717) is 57.1 Å². The Balaban J connectivity index is 1.42. The van der Waals surface area contributed by atoms with Crippen LogP contribution in [0.2, 0.25) is 0 Å². The molecule has 5 amide bonds. The maximum atomic E-state index is 14.0. The van der Waals surface area contributed by atoms with Gasteiger partial charge in [-0.1, -0.05) is 75.4 Å². The summed E-state index contributed by atoms with van der Waals surface area (Å²) in [5.41, 5.74) is 19.0. The van der Waals surface area contributed by atoms with Crippen molar-refractivity contribution in [3.05, 3.63) is 111 Å². The molecule has 288 valence electrons. The van der Waals surface area contributed by atoms with Gasteiger partial charge in [0.15, 0.2) is 0 Å². The van der Waals surface area contributed by atoms with Gasteiger partial charge in [0, 0.05) is 18.4 Å². The summed E-state index contributed by atoms with van der Waals surface area (Å²) in [5.74, 6) is -2.06. The van der Waals surface area contributed by atoms with E-state index in [1.54, 1.807) is 32.0 Å². The number of rotatable bonds is 9. The predicted octanol–water partition coefficient (Wildman–Crippen LogP) is 3.23. The maximum absolute atomic E-state index is 14.0. The standard InChI is InChI=1S/C42H50N8O5/c1-23-16-28-18-31(29-9-7-8-27(17-29)21-35(51)45-22-36(52)48-33(19-28)39(44)53)38(23)50-40(54)32(14-15-43)49-41(55)37-24(2)46-34(47-25(37)3)20-26-10-12-30(13-11-26)42(4,5)6/h7-13,16-18,32-33H,14-15,19-22,43H2,1-6H3,(H2,44,53)(H,45,51)(H,48,52)(H,49,55)(H,50,54)/t32-,33?/m0/s1. The second-order valence-corrected chi connectivity index (χ2v) is 15.1. The normalized spacial score (nSPS) is 15.2. The average Bonchev–Trinajstić information content (AvgIpc) is 3.10. The summed E-state index contributed by atoms with van der Waals surface area (Å²) < 4.78 is 0. The molecule has 1 aliphatic rings. The van der Waals surface area contributed by atoms with Crippen LogP contribution >= 0.6 is 0 Å². The second kappa shape index (κ2) is 17.0. The van der Waals surface area contributed by atoms with Gasteiger partial charge in [0.25, 0.3) is 5.91 Å². The molecule has 4 aromatic rings. The molecule has 2 atom stereocenters. The molecular formula is C42H50N8O5. The molecule has 5 rings (SSSR count). The molecule has 1 aliphatic heterocycles. The topological polar surface area (TPSA) is 211 Å². The van der Waals surface area contributed by atoms with Crippen molar-refractivity contribution in [1.29, 1.82) is 0 Å². The molecule has 0 saturated carbocycles. The van der Waals surface area contributed by atoms with Crippen molar-refractivity contribution in [2.45, 2.75) is 84.7 Å². The first-order valence-electron chi connectivity index (χ1n) is 18.4. The number of carbonyl (C=O) groups is 5. The average molecular weight is 747 g/mol. The number of aromatic nitrogens is 2. The Morgan fingerprint density at radius 1 is 0.927 bits per heavy atom. The Hall–Kier alpha value is -5.95. The van der Waals surface area contributed by atoms with Gasteiger partial charge in [0.2, 0.25) is 23.6 Å².